The van der Waals surface area contributed by atoms with Gasteiger partial charge in [-0.15, -0.1) is 0 Å². The van der Waals surface area contributed by atoms with Crippen molar-refractivity contribution in [2.45, 2.75) is 5.51 Å². The molecule has 0 aromatic heterocycles. The van der Waals surface area contributed by atoms with Gasteiger partial charge in [0.05, 0.1) is 39.4 Å². The fourth-order valence-corrected chi connectivity index (χ4v) is 1.33. The number of alkyl halides is 3. The van der Waals surface area contributed by atoms with E-state index in [4.69, 9.17) is 18.2 Å². The number of carbonyl (C=O) groups is 1. The second-order valence-corrected chi connectivity index (χ2v) is 6.62. The number of nitrogens with zero attached hydrogens (tertiary/aromatic N) is 2. The van der Waals surface area contributed by atoms with Crippen LogP contribution in [0.5, 0.6) is 0 Å². The van der Waals surface area contributed by atoms with Gasteiger partial charge in [-0.2, -0.15) is 18.4 Å². The van der Waals surface area contributed by atoms with Crippen molar-refractivity contribution in [2.75, 3.05) is 28.3 Å². The Kier molecular flexibility index (Phi) is 6.92. The molecule has 0 aliphatic heterocycles. The number of ether oxygens (including phenoxy) is 1. The molecule has 0 unspecified atom stereocenters. The van der Waals surface area contributed by atoms with E-state index in [0.717, 1.165) is 5.69 Å². The van der Waals surface area contributed by atoms with Crippen molar-refractivity contribution in [3.05, 3.63) is 29.3 Å². The van der Waals surface area contributed by atoms with Gasteiger partial charge in [0.2, 0.25) is 0 Å². The predicted octanol–water partition coefficient (Wildman–Crippen LogP) is 1.59. The van der Waals surface area contributed by atoms with E-state index in [-0.39, 0.29) is 0 Å². The van der Waals surface area contributed by atoms with Crippen molar-refractivity contribution in [3.63, 3.8) is 0 Å². The standard InChI is InChI=1S/C12H15N2O2.CHF3O3S/c1-14(2,3)10-6-5-9(8-13)11(7-10)12(15)16-4;2-1(3,4)8(5,6)7/h5-7H,1-4H3;(H,5,6,7)/q+1;/p-1. The molecule has 0 N–H and O–H groups in total. The monoisotopic (exact) mass is 368 g/mol. The highest BCUT2D eigenvalue weighted by Gasteiger charge is 2.36. The molecular weight excluding hydrogens is 353 g/mol. The average molecular weight is 368 g/mol. The van der Waals surface area contributed by atoms with Crippen molar-refractivity contribution < 1.29 is 35.7 Å². The normalized spacial score (nSPS) is 11.8. The van der Waals surface area contributed by atoms with Crippen LogP contribution in [-0.4, -0.2) is 52.7 Å². The third-order valence-electron chi connectivity index (χ3n) is 2.59. The summed E-state index contributed by atoms with van der Waals surface area (Å²) in [6.07, 6.45) is 0. The Labute approximate surface area is 137 Å². The van der Waals surface area contributed by atoms with Gasteiger partial charge in [0, 0.05) is 12.1 Å². The Morgan fingerprint density at radius 2 is 1.75 bits per heavy atom. The van der Waals surface area contributed by atoms with Crippen molar-refractivity contribution in [1.82, 2.24) is 4.48 Å². The molecule has 0 aliphatic rings. The molecule has 0 saturated heterocycles. The molecule has 0 atom stereocenters. The van der Waals surface area contributed by atoms with Gasteiger partial charge in [0.1, 0.15) is 11.8 Å². The minimum Gasteiger partial charge on any atom is -0.741 e. The first-order chi connectivity index (χ1) is 10.6. The van der Waals surface area contributed by atoms with Gasteiger partial charge >= 0.3 is 11.5 Å². The number of hydrogen-bond donors (Lipinski definition) is 0. The first-order valence-corrected chi connectivity index (χ1v) is 7.52. The van der Waals surface area contributed by atoms with E-state index in [1.54, 1.807) is 12.1 Å². The summed E-state index contributed by atoms with van der Waals surface area (Å²) in [4.78, 5) is 11.5. The summed E-state index contributed by atoms with van der Waals surface area (Å²) in [5.74, 6) is -0.480. The summed E-state index contributed by atoms with van der Waals surface area (Å²) in [6.45, 7) is 0. The maximum absolute atomic E-state index is 11.5. The second-order valence-electron chi connectivity index (χ2n) is 5.25. The van der Waals surface area contributed by atoms with Gasteiger partial charge < -0.3 is 9.29 Å². The summed E-state index contributed by atoms with van der Waals surface area (Å²) in [6, 6.07) is 7.16. The first-order valence-electron chi connectivity index (χ1n) is 6.11. The number of carbonyl (C=O) groups excluding carboxylic acids is 1. The number of hydrogen-bond acceptors (Lipinski definition) is 6. The molecule has 7 nitrogen and oxygen atoms in total. The number of methoxy groups -OCH3 is 1. The van der Waals surface area contributed by atoms with E-state index in [2.05, 4.69) is 4.74 Å². The fraction of sp³-hybridized carbons (Fsp3) is 0.385. The van der Waals surface area contributed by atoms with Crippen LogP contribution in [0.15, 0.2) is 18.2 Å². The summed E-state index contributed by atoms with van der Waals surface area (Å²) < 4.78 is 64.1. The lowest BCUT2D eigenvalue weighted by Crippen LogP contribution is -2.34. The Balaban J connectivity index is 0.000000561. The maximum Gasteiger partial charge on any atom is 0.485 e. The van der Waals surface area contributed by atoms with E-state index < -0.39 is 21.6 Å². The van der Waals surface area contributed by atoms with E-state index in [0.29, 0.717) is 15.6 Å². The lowest BCUT2D eigenvalue weighted by atomic mass is 10.1. The van der Waals surface area contributed by atoms with Crippen molar-refractivity contribution in [3.8, 4) is 6.07 Å². The molecule has 24 heavy (non-hydrogen) atoms. The van der Waals surface area contributed by atoms with E-state index in [1.807, 2.05) is 33.3 Å². The van der Waals surface area contributed by atoms with Crippen LogP contribution in [0.25, 0.3) is 0 Å². The molecular formula is C13H15F3N2O5S. The number of quaternary nitrogens is 1. The van der Waals surface area contributed by atoms with Gasteiger partial charge in [0.15, 0.2) is 10.1 Å². The van der Waals surface area contributed by atoms with Gasteiger partial charge in [-0.3, -0.25) is 4.48 Å². The summed E-state index contributed by atoms with van der Waals surface area (Å²) >= 11 is 0. The van der Waals surface area contributed by atoms with E-state index >= 15 is 0 Å². The van der Waals surface area contributed by atoms with Gasteiger partial charge in [-0.05, 0) is 6.07 Å². The van der Waals surface area contributed by atoms with Crippen molar-refractivity contribution in [2.24, 2.45) is 0 Å². The smallest absolute Gasteiger partial charge is 0.485 e. The molecule has 0 bridgehead atoms. The summed E-state index contributed by atoms with van der Waals surface area (Å²) in [5.41, 5.74) is -4.05. The van der Waals surface area contributed by atoms with E-state index in [9.17, 15) is 18.0 Å². The molecule has 1 rings (SSSR count). The summed E-state index contributed by atoms with van der Waals surface area (Å²) in [5, 5.41) is 8.89. The zero-order valence-electron chi connectivity index (χ0n) is 13.2. The minimum absolute atomic E-state index is 0.315. The minimum atomic E-state index is -6.09. The van der Waals surface area contributed by atoms with Crippen LogP contribution in [0.1, 0.15) is 15.9 Å². The van der Waals surface area contributed by atoms with Crippen LogP contribution >= 0.6 is 0 Å². The molecule has 1 aromatic carbocycles. The quantitative estimate of drug-likeness (QED) is 0.340. The second kappa shape index (κ2) is 7.61. The van der Waals surface area contributed by atoms with Gasteiger partial charge in [-0.1, -0.05) is 0 Å². The zero-order chi connectivity index (χ0) is 19.3. The summed E-state index contributed by atoms with van der Waals surface area (Å²) in [7, 11) is 1.18. The highest BCUT2D eigenvalue weighted by atomic mass is 32.2. The van der Waals surface area contributed by atoms with Crippen LogP contribution < -0.4 is 4.48 Å². The molecule has 0 fully saturated rings. The van der Waals surface area contributed by atoms with E-state index in [1.165, 1.54) is 7.11 Å². The third kappa shape index (κ3) is 6.15. The van der Waals surface area contributed by atoms with Crippen LogP contribution in [-0.2, 0) is 14.9 Å². The molecule has 1 aromatic rings. The Morgan fingerprint density at radius 1 is 1.29 bits per heavy atom. The molecule has 134 valence electrons. The van der Waals surface area contributed by atoms with Crippen LogP contribution in [0.4, 0.5) is 18.9 Å². The number of benzene rings is 1. The number of nitriles is 1. The maximum atomic E-state index is 11.5. The van der Waals surface area contributed by atoms with Crippen LogP contribution in [0.2, 0.25) is 0 Å². The number of rotatable bonds is 2. The average Bonchev–Trinajstić information content (AvgIpc) is 2.43. The predicted molar refractivity (Wildman–Crippen MR) is 77.8 cm³/mol. The van der Waals surface area contributed by atoms with Crippen molar-refractivity contribution in [1.29, 1.82) is 5.26 Å². The lowest BCUT2D eigenvalue weighted by molar-refractivity contribution is -0.0517. The lowest BCUT2D eigenvalue weighted by Gasteiger charge is -2.23. The molecule has 0 amide bonds. The number of esters is 1. The zero-order valence-corrected chi connectivity index (χ0v) is 14.0. The van der Waals surface area contributed by atoms with Crippen molar-refractivity contribution >= 4 is 21.8 Å². The molecule has 0 heterocycles. The van der Waals surface area contributed by atoms with Gasteiger partial charge in [0.25, 0.3) is 0 Å². The molecule has 0 aliphatic carbocycles. The third-order valence-corrected chi connectivity index (χ3v) is 3.15. The molecule has 0 spiro atoms. The molecule has 11 heteroatoms. The number of halogens is 3. The Hall–Kier alpha value is -2.16. The highest BCUT2D eigenvalue weighted by Crippen LogP contribution is 2.22. The Morgan fingerprint density at radius 3 is 2.04 bits per heavy atom. The SMILES string of the molecule is COC(=O)c1cc([N+](C)(C)C)ccc1C#N.O=S(=O)([O-])C(F)(F)F. The molecule has 0 radical (unpaired) electrons. The van der Waals surface area contributed by atoms with Crippen LogP contribution in [0.3, 0.4) is 0 Å². The largest absolute Gasteiger partial charge is 0.741 e. The highest BCUT2D eigenvalue weighted by molar-refractivity contribution is 7.86. The topological polar surface area (TPSA) is 107 Å². The fourth-order valence-electron chi connectivity index (χ4n) is 1.33. The first kappa shape index (κ1) is 21.8. The Bertz CT molecular complexity index is 746. The molecule has 0 saturated carbocycles. The van der Waals surface area contributed by atoms with Crippen LogP contribution in [0, 0.1) is 11.3 Å². The van der Waals surface area contributed by atoms with Gasteiger partial charge in [-0.25, -0.2) is 13.2 Å².